The maximum atomic E-state index is 13.6. The van der Waals surface area contributed by atoms with Gasteiger partial charge >= 0.3 is 0 Å². The number of hydrogen-bond donors (Lipinski definition) is 0. The van der Waals surface area contributed by atoms with Crippen LogP contribution in [0.2, 0.25) is 0 Å². The van der Waals surface area contributed by atoms with Crippen molar-refractivity contribution in [3.63, 3.8) is 0 Å². The summed E-state index contributed by atoms with van der Waals surface area (Å²) in [5.74, 6) is -0.756. The maximum Gasteiger partial charge on any atom is 0.256 e. The van der Waals surface area contributed by atoms with E-state index in [1.807, 2.05) is 24.3 Å². The monoisotopic (exact) mass is 401 g/mol. The van der Waals surface area contributed by atoms with E-state index in [1.54, 1.807) is 28.3 Å². The summed E-state index contributed by atoms with van der Waals surface area (Å²) in [6, 6.07) is 15.2. The number of amides is 2. The molecule has 1 fully saturated rings. The fourth-order valence-corrected chi connectivity index (χ4v) is 4.65. The lowest BCUT2D eigenvalue weighted by molar-refractivity contribution is 0.0374. The Morgan fingerprint density at radius 1 is 1.07 bits per heavy atom. The van der Waals surface area contributed by atoms with Crippen LogP contribution in [-0.4, -0.2) is 39.7 Å². The van der Waals surface area contributed by atoms with Gasteiger partial charge in [-0.25, -0.2) is 4.39 Å². The second-order valence-corrected chi connectivity index (χ2v) is 7.56. The van der Waals surface area contributed by atoms with Gasteiger partial charge in [-0.1, -0.05) is 31.2 Å². The maximum absolute atomic E-state index is 13.6. The lowest BCUT2D eigenvalue weighted by atomic mass is 9.90. The first-order valence-corrected chi connectivity index (χ1v) is 10.0. The number of nitrogens with zero attached hydrogens (tertiary/aromatic N) is 3. The third-order valence-corrected chi connectivity index (χ3v) is 6.10. The zero-order chi connectivity index (χ0) is 20.9. The Morgan fingerprint density at radius 3 is 2.50 bits per heavy atom. The van der Waals surface area contributed by atoms with Gasteiger partial charge in [0, 0.05) is 42.2 Å². The molecule has 0 saturated carbocycles. The summed E-state index contributed by atoms with van der Waals surface area (Å²) in [6.07, 6.45) is 4.17. The standard InChI is InChI=1S/C24H20FN3O2/c1-2-16-3-7-18(8-4-16)24-21-15-26-12-11-20(21)23(30)28(24)14-13-27(24)22(29)17-5-9-19(25)10-6-17/h3-12,15H,2,13-14H2,1H3. The average Bonchev–Trinajstić information content (AvgIpc) is 3.30. The topological polar surface area (TPSA) is 53.5 Å². The van der Waals surface area contributed by atoms with Crippen molar-refractivity contribution in [2.75, 3.05) is 13.1 Å². The predicted molar refractivity (Wildman–Crippen MR) is 109 cm³/mol. The van der Waals surface area contributed by atoms with Crippen molar-refractivity contribution in [2.24, 2.45) is 0 Å². The molecule has 5 rings (SSSR count). The molecule has 150 valence electrons. The number of aromatic nitrogens is 1. The SMILES string of the molecule is CCc1ccc(C23c4cnccc4C(=O)N2CCN3C(=O)c2ccc(F)cc2)cc1. The van der Waals surface area contributed by atoms with Gasteiger partial charge in [0.25, 0.3) is 11.8 Å². The van der Waals surface area contributed by atoms with Crippen molar-refractivity contribution in [2.45, 2.75) is 19.0 Å². The van der Waals surface area contributed by atoms with Gasteiger partial charge in [-0.05, 0) is 42.3 Å². The van der Waals surface area contributed by atoms with E-state index in [2.05, 4.69) is 11.9 Å². The lowest BCUT2D eigenvalue weighted by Crippen LogP contribution is -2.51. The molecule has 0 spiro atoms. The number of halogens is 1. The molecule has 0 N–H and O–H groups in total. The van der Waals surface area contributed by atoms with E-state index in [4.69, 9.17) is 0 Å². The summed E-state index contributed by atoms with van der Waals surface area (Å²) >= 11 is 0. The quantitative estimate of drug-likeness (QED) is 0.674. The molecule has 0 bridgehead atoms. The first-order chi connectivity index (χ1) is 14.6. The van der Waals surface area contributed by atoms with Gasteiger partial charge in [-0.3, -0.25) is 14.6 Å². The van der Waals surface area contributed by atoms with Crippen LogP contribution in [0, 0.1) is 5.82 Å². The van der Waals surface area contributed by atoms with Crippen LogP contribution in [0.3, 0.4) is 0 Å². The molecule has 1 unspecified atom stereocenters. The molecule has 0 radical (unpaired) electrons. The molecule has 3 aromatic rings. The van der Waals surface area contributed by atoms with Crippen LogP contribution >= 0.6 is 0 Å². The Hall–Kier alpha value is -3.54. The third-order valence-electron chi connectivity index (χ3n) is 6.10. The largest absolute Gasteiger partial charge is 0.306 e. The van der Waals surface area contributed by atoms with E-state index < -0.39 is 11.5 Å². The highest BCUT2D eigenvalue weighted by atomic mass is 19.1. The summed E-state index contributed by atoms with van der Waals surface area (Å²) in [5, 5.41) is 0. The zero-order valence-electron chi connectivity index (χ0n) is 16.5. The van der Waals surface area contributed by atoms with E-state index in [1.165, 1.54) is 29.8 Å². The van der Waals surface area contributed by atoms with E-state index in [0.717, 1.165) is 12.0 Å². The molecule has 0 aliphatic carbocycles. The number of fused-ring (bicyclic) bond motifs is 3. The summed E-state index contributed by atoms with van der Waals surface area (Å²) in [4.78, 5) is 34.5. The Morgan fingerprint density at radius 2 is 1.80 bits per heavy atom. The summed E-state index contributed by atoms with van der Waals surface area (Å²) in [7, 11) is 0. The predicted octanol–water partition coefficient (Wildman–Crippen LogP) is 3.60. The van der Waals surface area contributed by atoms with Crippen molar-refractivity contribution in [1.29, 1.82) is 0 Å². The fourth-order valence-electron chi connectivity index (χ4n) is 4.65. The number of hydrogen-bond acceptors (Lipinski definition) is 3. The first kappa shape index (κ1) is 18.5. The number of pyridine rings is 1. The fraction of sp³-hybridized carbons (Fsp3) is 0.208. The van der Waals surface area contributed by atoms with Crippen molar-refractivity contribution in [1.82, 2.24) is 14.8 Å². The van der Waals surface area contributed by atoms with Crippen LogP contribution in [0.5, 0.6) is 0 Å². The smallest absolute Gasteiger partial charge is 0.256 e. The van der Waals surface area contributed by atoms with Crippen molar-refractivity contribution < 1.29 is 14.0 Å². The van der Waals surface area contributed by atoms with Crippen molar-refractivity contribution in [3.05, 3.63) is 101 Å². The molecule has 2 amide bonds. The van der Waals surface area contributed by atoms with Crippen molar-refractivity contribution in [3.8, 4) is 0 Å². The van der Waals surface area contributed by atoms with Gasteiger partial charge in [0.2, 0.25) is 0 Å². The van der Waals surface area contributed by atoms with Gasteiger partial charge in [0.1, 0.15) is 5.82 Å². The molecule has 3 heterocycles. The van der Waals surface area contributed by atoms with E-state index in [0.29, 0.717) is 29.8 Å². The molecule has 6 heteroatoms. The second-order valence-electron chi connectivity index (χ2n) is 7.56. The molecular weight excluding hydrogens is 381 g/mol. The summed E-state index contributed by atoms with van der Waals surface area (Å²) in [5.41, 5.74) is 2.60. The highest BCUT2D eigenvalue weighted by molar-refractivity contribution is 6.03. The first-order valence-electron chi connectivity index (χ1n) is 10.0. The van der Waals surface area contributed by atoms with Crippen LogP contribution in [0.25, 0.3) is 0 Å². The molecule has 2 aliphatic rings. The Bertz CT molecular complexity index is 1140. The highest BCUT2D eigenvalue weighted by Crippen LogP contribution is 2.49. The number of aryl methyl sites for hydroxylation is 1. The second kappa shape index (κ2) is 6.76. The minimum atomic E-state index is -1.06. The Balaban J connectivity index is 1.72. The molecular formula is C24H20FN3O2. The minimum absolute atomic E-state index is 0.110. The average molecular weight is 401 g/mol. The summed E-state index contributed by atoms with van der Waals surface area (Å²) in [6.45, 7) is 2.87. The summed E-state index contributed by atoms with van der Waals surface area (Å²) < 4.78 is 13.4. The molecule has 5 nitrogen and oxygen atoms in total. The zero-order valence-corrected chi connectivity index (χ0v) is 16.5. The van der Waals surface area contributed by atoms with Crippen LogP contribution in [0.15, 0.2) is 67.0 Å². The normalized spacial score (nSPS) is 19.7. The van der Waals surface area contributed by atoms with Gasteiger partial charge in [0.05, 0.1) is 5.56 Å². The van der Waals surface area contributed by atoms with Crippen LogP contribution in [0.1, 0.15) is 44.3 Å². The van der Waals surface area contributed by atoms with Crippen LogP contribution in [-0.2, 0) is 12.1 Å². The number of carbonyl (C=O) groups is 2. The molecule has 2 aliphatic heterocycles. The highest BCUT2D eigenvalue weighted by Gasteiger charge is 2.59. The lowest BCUT2D eigenvalue weighted by Gasteiger charge is -2.40. The van der Waals surface area contributed by atoms with Gasteiger partial charge in [0.15, 0.2) is 5.66 Å². The van der Waals surface area contributed by atoms with Crippen LogP contribution in [0.4, 0.5) is 4.39 Å². The third kappa shape index (κ3) is 2.43. The molecule has 1 aromatic heterocycles. The molecule has 1 atom stereocenters. The molecule has 2 aromatic carbocycles. The number of benzene rings is 2. The van der Waals surface area contributed by atoms with Gasteiger partial charge in [-0.2, -0.15) is 0 Å². The Labute approximate surface area is 173 Å². The minimum Gasteiger partial charge on any atom is -0.306 e. The van der Waals surface area contributed by atoms with Crippen molar-refractivity contribution >= 4 is 11.8 Å². The molecule has 1 saturated heterocycles. The van der Waals surface area contributed by atoms with E-state index >= 15 is 0 Å². The van der Waals surface area contributed by atoms with Gasteiger partial charge in [-0.15, -0.1) is 0 Å². The number of carbonyl (C=O) groups excluding carboxylic acids is 2. The molecule has 30 heavy (non-hydrogen) atoms. The van der Waals surface area contributed by atoms with Crippen LogP contribution < -0.4 is 0 Å². The van der Waals surface area contributed by atoms with E-state index in [-0.39, 0.29) is 11.8 Å². The van der Waals surface area contributed by atoms with E-state index in [9.17, 15) is 14.0 Å². The Kier molecular flexibility index (Phi) is 4.17. The number of rotatable bonds is 3. The van der Waals surface area contributed by atoms with Gasteiger partial charge < -0.3 is 9.80 Å².